The summed E-state index contributed by atoms with van der Waals surface area (Å²) in [5.41, 5.74) is 1.78. The van der Waals surface area contributed by atoms with Crippen LogP contribution in [0, 0.1) is 0 Å². The molecule has 0 fully saturated rings. The van der Waals surface area contributed by atoms with E-state index in [4.69, 9.17) is 21.1 Å². The summed E-state index contributed by atoms with van der Waals surface area (Å²) < 4.78 is 11.2. The third-order valence-corrected chi connectivity index (χ3v) is 6.17. The number of rotatable bonds is 12. The first kappa shape index (κ1) is 27.1. The predicted octanol–water partition coefficient (Wildman–Crippen LogP) is 5.28. The molecular formula is C29H33ClN2O4. The number of amides is 2. The first-order valence-corrected chi connectivity index (χ1v) is 12.4. The molecule has 0 spiro atoms. The molecule has 0 aliphatic rings. The molecule has 7 heteroatoms. The van der Waals surface area contributed by atoms with E-state index in [2.05, 4.69) is 5.32 Å². The number of carbonyl (C=O) groups excluding carboxylic acids is 2. The second kappa shape index (κ2) is 13.5. The monoisotopic (exact) mass is 508 g/mol. The highest BCUT2D eigenvalue weighted by Crippen LogP contribution is 2.26. The molecule has 2 unspecified atom stereocenters. The molecule has 190 valence electrons. The summed E-state index contributed by atoms with van der Waals surface area (Å²) in [4.78, 5) is 28.7. The summed E-state index contributed by atoms with van der Waals surface area (Å²) in [5, 5.41) is 3.62. The van der Waals surface area contributed by atoms with Gasteiger partial charge in [0.2, 0.25) is 5.91 Å². The Kier molecular flexibility index (Phi) is 10.2. The molecule has 0 bridgehead atoms. The molecule has 0 aliphatic heterocycles. The van der Waals surface area contributed by atoms with E-state index in [1.165, 1.54) is 0 Å². The molecule has 0 radical (unpaired) electrons. The Labute approximate surface area is 218 Å². The highest BCUT2D eigenvalue weighted by molar-refractivity contribution is 6.30. The van der Waals surface area contributed by atoms with Crippen molar-refractivity contribution in [3.8, 4) is 11.5 Å². The van der Waals surface area contributed by atoms with Crippen molar-refractivity contribution in [2.45, 2.75) is 45.3 Å². The van der Waals surface area contributed by atoms with E-state index >= 15 is 0 Å². The van der Waals surface area contributed by atoms with Gasteiger partial charge in [0, 0.05) is 24.0 Å². The Morgan fingerprint density at radius 3 is 2.28 bits per heavy atom. The zero-order valence-electron chi connectivity index (χ0n) is 20.9. The van der Waals surface area contributed by atoms with E-state index in [-0.39, 0.29) is 31.0 Å². The molecule has 3 aromatic rings. The van der Waals surface area contributed by atoms with Crippen molar-refractivity contribution in [2.24, 2.45) is 0 Å². The average Bonchev–Trinajstić information content (AvgIpc) is 2.89. The van der Waals surface area contributed by atoms with Crippen LogP contribution in [0.5, 0.6) is 11.5 Å². The quantitative estimate of drug-likeness (QED) is 0.361. The first-order chi connectivity index (χ1) is 17.4. The van der Waals surface area contributed by atoms with Crippen molar-refractivity contribution in [3.63, 3.8) is 0 Å². The molecule has 2 atom stereocenters. The predicted molar refractivity (Wildman–Crippen MR) is 142 cm³/mol. The van der Waals surface area contributed by atoms with Gasteiger partial charge in [-0.1, -0.05) is 73.1 Å². The molecule has 36 heavy (non-hydrogen) atoms. The Morgan fingerprint density at radius 2 is 1.61 bits per heavy atom. The highest BCUT2D eigenvalue weighted by Gasteiger charge is 2.31. The number of hydrogen-bond acceptors (Lipinski definition) is 4. The number of hydrogen-bond donors (Lipinski definition) is 1. The van der Waals surface area contributed by atoms with E-state index in [0.29, 0.717) is 22.9 Å². The van der Waals surface area contributed by atoms with Gasteiger partial charge in [-0.3, -0.25) is 9.59 Å². The minimum Gasteiger partial charge on any atom is -0.493 e. The number of benzene rings is 3. The lowest BCUT2D eigenvalue weighted by molar-refractivity contribution is -0.143. The van der Waals surface area contributed by atoms with Crippen molar-refractivity contribution < 1.29 is 19.1 Å². The van der Waals surface area contributed by atoms with Gasteiger partial charge >= 0.3 is 0 Å². The molecule has 2 amide bonds. The van der Waals surface area contributed by atoms with Gasteiger partial charge in [-0.25, -0.2) is 0 Å². The van der Waals surface area contributed by atoms with Crippen molar-refractivity contribution in [1.82, 2.24) is 10.2 Å². The van der Waals surface area contributed by atoms with Crippen LogP contribution in [0.1, 0.15) is 31.4 Å². The third kappa shape index (κ3) is 7.75. The van der Waals surface area contributed by atoms with Gasteiger partial charge in [0.1, 0.15) is 6.04 Å². The summed E-state index contributed by atoms with van der Waals surface area (Å²) in [6.07, 6.45) is 1.15. The van der Waals surface area contributed by atoms with E-state index in [0.717, 1.165) is 17.5 Å². The Morgan fingerprint density at radius 1 is 0.944 bits per heavy atom. The Bertz CT molecular complexity index is 1140. The second-order valence-electron chi connectivity index (χ2n) is 8.61. The fourth-order valence-electron chi connectivity index (χ4n) is 3.79. The average molecular weight is 509 g/mol. The Balaban J connectivity index is 1.93. The number of nitrogens with zero attached hydrogens (tertiary/aromatic N) is 1. The van der Waals surface area contributed by atoms with E-state index in [1.54, 1.807) is 36.3 Å². The highest BCUT2D eigenvalue weighted by atomic mass is 35.5. The van der Waals surface area contributed by atoms with E-state index in [1.807, 2.05) is 68.4 Å². The number of carbonyl (C=O) groups is 2. The fourth-order valence-corrected chi connectivity index (χ4v) is 4.00. The van der Waals surface area contributed by atoms with Crippen molar-refractivity contribution >= 4 is 23.4 Å². The van der Waals surface area contributed by atoms with Crippen LogP contribution in [0.15, 0.2) is 78.9 Å². The summed E-state index contributed by atoms with van der Waals surface area (Å²) in [6, 6.07) is 23.4. The van der Waals surface area contributed by atoms with Gasteiger partial charge in [0.15, 0.2) is 18.1 Å². The molecule has 0 saturated carbocycles. The maximum atomic E-state index is 13.6. The normalized spacial score (nSPS) is 12.3. The van der Waals surface area contributed by atoms with Gasteiger partial charge in [-0.2, -0.15) is 0 Å². The summed E-state index contributed by atoms with van der Waals surface area (Å²) >= 11 is 6.22. The molecule has 1 N–H and O–H groups in total. The third-order valence-electron chi connectivity index (χ3n) is 5.93. The van der Waals surface area contributed by atoms with Crippen LogP contribution in [-0.4, -0.2) is 42.5 Å². The molecule has 0 saturated heterocycles. The lowest BCUT2D eigenvalue weighted by Crippen LogP contribution is -2.53. The first-order valence-electron chi connectivity index (χ1n) is 12.0. The van der Waals surface area contributed by atoms with Crippen molar-refractivity contribution in [1.29, 1.82) is 0 Å². The Hall–Kier alpha value is -3.51. The summed E-state index contributed by atoms with van der Waals surface area (Å²) in [6.45, 7) is 3.92. The smallest absolute Gasteiger partial charge is 0.261 e. The minimum absolute atomic E-state index is 0.0243. The summed E-state index contributed by atoms with van der Waals surface area (Å²) in [5.74, 6) is 0.462. The number of para-hydroxylation sites is 2. The number of methoxy groups -OCH3 is 1. The van der Waals surface area contributed by atoms with Crippen LogP contribution in [0.2, 0.25) is 5.02 Å². The molecule has 0 aromatic heterocycles. The number of nitrogens with one attached hydrogen (secondary N) is 1. The maximum Gasteiger partial charge on any atom is 0.261 e. The maximum absolute atomic E-state index is 13.6. The molecule has 0 aliphatic carbocycles. The number of ether oxygens (including phenoxy) is 2. The van der Waals surface area contributed by atoms with Crippen LogP contribution in [0.3, 0.4) is 0 Å². The van der Waals surface area contributed by atoms with Gasteiger partial charge < -0.3 is 19.7 Å². The minimum atomic E-state index is -0.742. The van der Waals surface area contributed by atoms with Gasteiger partial charge in [-0.15, -0.1) is 0 Å². The fraction of sp³-hybridized carbons (Fsp3) is 0.310. The summed E-state index contributed by atoms with van der Waals surface area (Å²) in [7, 11) is 1.55. The van der Waals surface area contributed by atoms with Crippen LogP contribution in [0.25, 0.3) is 0 Å². The van der Waals surface area contributed by atoms with Crippen LogP contribution < -0.4 is 14.8 Å². The van der Waals surface area contributed by atoms with Crippen LogP contribution >= 0.6 is 11.6 Å². The second-order valence-corrected chi connectivity index (χ2v) is 9.05. The SMILES string of the molecule is CCC(C)NC(=O)C(Cc1ccccc1)N(Cc1cccc(Cl)c1)C(=O)COc1ccccc1OC. The van der Waals surface area contributed by atoms with E-state index < -0.39 is 6.04 Å². The van der Waals surface area contributed by atoms with Crippen molar-refractivity contribution in [3.05, 3.63) is 95.0 Å². The lowest BCUT2D eigenvalue weighted by atomic mass is 10.0. The topological polar surface area (TPSA) is 67.9 Å². The molecule has 3 aromatic carbocycles. The lowest BCUT2D eigenvalue weighted by Gasteiger charge is -2.32. The van der Waals surface area contributed by atoms with Crippen LogP contribution in [-0.2, 0) is 22.6 Å². The molecule has 3 rings (SSSR count). The zero-order valence-corrected chi connectivity index (χ0v) is 21.7. The standard InChI is InChI=1S/C29H33ClN2O4/c1-4-21(2)31-29(34)25(18-22-11-6-5-7-12-22)32(19-23-13-10-14-24(30)17-23)28(33)20-36-27-16-9-8-15-26(27)35-3/h5-17,21,25H,4,18-20H2,1-3H3,(H,31,34). The zero-order chi connectivity index (χ0) is 25.9. The molecule has 6 nitrogen and oxygen atoms in total. The largest absolute Gasteiger partial charge is 0.493 e. The van der Waals surface area contributed by atoms with Crippen LogP contribution in [0.4, 0.5) is 0 Å². The van der Waals surface area contributed by atoms with Gasteiger partial charge in [-0.05, 0) is 48.7 Å². The van der Waals surface area contributed by atoms with E-state index in [9.17, 15) is 9.59 Å². The van der Waals surface area contributed by atoms with Crippen molar-refractivity contribution in [2.75, 3.05) is 13.7 Å². The number of halogens is 1. The van der Waals surface area contributed by atoms with Gasteiger partial charge in [0.05, 0.1) is 7.11 Å². The molecular weight excluding hydrogens is 476 g/mol. The molecule has 0 heterocycles. The van der Waals surface area contributed by atoms with Gasteiger partial charge in [0.25, 0.3) is 5.91 Å².